The third-order valence-electron chi connectivity index (χ3n) is 0.780. The number of nitrogens with zero attached hydrogens (tertiary/aromatic N) is 4. The summed E-state index contributed by atoms with van der Waals surface area (Å²) in [6.07, 6.45) is -0.111. The lowest BCUT2D eigenvalue weighted by atomic mass is 10.6. The summed E-state index contributed by atoms with van der Waals surface area (Å²) in [7, 11) is 0. The summed E-state index contributed by atoms with van der Waals surface area (Å²) in [5, 5.41) is 15.3. The SMILES string of the molecule is CCN=NC(C)N=NCC. The summed E-state index contributed by atoms with van der Waals surface area (Å²) >= 11 is 0. The van der Waals surface area contributed by atoms with Crippen LogP contribution in [-0.4, -0.2) is 19.3 Å². The first kappa shape index (κ1) is 9.20. The fraction of sp³-hybridized carbons (Fsp3) is 1.00. The second-order valence-corrected chi connectivity index (χ2v) is 1.78. The van der Waals surface area contributed by atoms with Gasteiger partial charge in [0.15, 0.2) is 6.17 Å². The van der Waals surface area contributed by atoms with Crippen molar-refractivity contribution in [1.82, 2.24) is 0 Å². The first-order valence-corrected chi connectivity index (χ1v) is 3.54. The molecule has 0 rings (SSSR count). The summed E-state index contributed by atoms with van der Waals surface area (Å²) in [5.41, 5.74) is 0. The summed E-state index contributed by atoms with van der Waals surface area (Å²) < 4.78 is 0. The molecule has 0 saturated heterocycles. The molecule has 0 saturated carbocycles. The topological polar surface area (TPSA) is 49.4 Å². The van der Waals surface area contributed by atoms with Gasteiger partial charge in [-0.25, -0.2) is 0 Å². The van der Waals surface area contributed by atoms with E-state index < -0.39 is 0 Å². The molecule has 10 heavy (non-hydrogen) atoms. The van der Waals surface area contributed by atoms with Crippen LogP contribution >= 0.6 is 0 Å². The van der Waals surface area contributed by atoms with Crippen LogP contribution in [0.15, 0.2) is 20.5 Å². The molecule has 0 fully saturated rings. The maximum Gasteiger partial charge on any atom is 0.178 e. The normalized spacial score (nSPS) is 15.1. The van der Waals surface area contributed by atoms with E-state index in [0.29, 0.717) is 13.1 Å². The van der Waals surface area contributed by atoms with Crippen molar-refractivity contribution >= 4 is 0 Å². The zero-order valence-corrected chi connectivity index (χ0v) is 6.78. The van der Waals surface area contributed by atoms with E-state index in [0.717, 1.165) is 0 Å². The molecule has 4 heteroatoms. The molecule has 0 atom stereocenters. The molecule has 0 aliphatic carbocycles. The summed E-state index contributed by atoms with van der Waals surface area (Å²) in [6.45, 7) is 7.16. The number of hydrogen-bond acceptors (Lipinski definition) is 4. The molecule has 4 nitrogen and oxygen atoms in total. The lowest BCUT2D eigenvalue weighted by Crippen LogP contribution is -1.89. The van der Waals surface area contributed by atoms with Crippen LogP contribution in [0.1, 0.15) is 20.8 Å². The Morgan fingerprint density at radius 1 is 1.00 bits per heavy atom. The van der Waals surface area contributed by atoms with Crippen LogP contribution in [-0.2, 0) is 0 Å². The van der Waals surface area contributed by atoms with Gasteiger partial charge in [0, 0.05) is 0 Å². The highest BCUT2D eigenvalue weighted by molar-refractivity contribution is 4.47. The van der Waals surface area contributed by atoms with Gasteiger partial charge in [-0.2, -0.15) is 20.5 Å². The predicted octanol–water partition coefficient (Wildman–Crippen LogP) is 2.28. The fourth-order valence-electron chi connectivity index (χ4n) is 0.423. The van der Waals surface area contributed by atoms with E-state index in [-0.39, 0.29) is 6.17 Å². The zero-order valence-electron chi connectivity index (χ0n) is 6.78. The Morgan fingerprint density at radius 2 is 1.40 bits per heavy atom. The van der Waals surface area contributed by atoms with Gasteiger partial charge in [-0.1, -0.05) is 0 Å². The molecule has 0 aromatic rings. The highest BCUT2D eigenvalue weighted by atomic mass is 15.3. The largest absolute Gasteiger partial charge is 0.192 e. The molecule has 0 heterocycles. The van der Waals surface area contributed by atoms with Crippen molar-refractivity contribution in [3.63, 3.8) is 0 Å². The van der Waals surface area contributed by atoms with E-state index in [1.807, 2.05) is 20.8 Å². The molecule has 0 aromatic heterocycles. The van der Waals surface area contributed by atoms with Gasteiger partial charge in [-0.05, 0) is 20.8 Å². The summed E-state index contributed by atoms with van der Waals surface area (Å²) in [6, 6.07) is 0. The molecule has 0 unspecified atom stereocenters. The molecule has 0 N–H and O–H groups in total. The van der Waals surface area contributed by atoms with Crippen molar-refractivity contribution in [2.45, 2.75) is 26.9 Å². The maximum absolute atomic E-state index is 3.84. The Balaban J connectivity index is 3.52. The Labute approximate surface area is 61.5 Å². The van der Waals surface area contributed by atoms with Crippen LogP contribution < -0.4 is 0 Å². The quantitative estimate of drug-likeness (QED) is 0.541. The van der Waals surface area contributed by atoms with Gasteiger partial charge in [-0.3, -0.25) is 0 Å². The standard InChI is InChI=1S/C6H14N4/c1-4-7-9-6(3)10-8-5-2/h6H,4-5H2,1-3H3. The zero-order chi connectivity index (χ0) is 7.82. The average Bonchev–Trinajstić information content (AvgIpc) is 1.97. The monoisotopic (exact) mass is 142 g/mol. The first-order chi connectivity index (χ1) is 4.81. The molecule has 0 bridgehead atoms. The van der Waals surface area contributed by atoms with Gasteiger partial charge in [0.05, 0.1) is 13.1 Å². The molecule has 0 radical (unpaired) electrons. The van der Waals surface area contributed by atoms with E-state index in [4.69, 9.17) is 0 Å². The highest BCUT2D eigenvalue weighted by Crippen LogP contribution is 1.93. The van der Waals surface area contributed by atoms with E-state index in [1.54, 1.807) is 0 Å². The van der Waals surface area contributed by atoms with Crippen LogP contribution in [0.5, 0.6) is 0 Å². The maximum atomic E-state index is 3.84. The number of azo groups is 2. The molecule has 0 aliphatic heterocycles. The van der Waals surface area contributed by atoms with Crippen LogP contribution in [0.25, 0.3) is 0 Å². The second kappa shape index (κ2) is 6.32. The van der Waals surface area contributed by atoms with Crippen LogP contribution in [0.4, 0.5) is 0 Å². The lowest BCUT2D eigenvalue weighted by Gasteiger charge is -1.92. The molecule has 0 aliphatic rings. The first-order valence-electron chi connectivity index (χ1n) is 3.54. The van der Waals surface area contributed by atoms with E-state index in [1.165, 1.54) is 0 Å². The second-order valence-electron chi connectivity index (χ2n) is 1.78. The van der Waals surface area contributed by atoms with Crippen LogP contribution in [0.3, 0.4) is 0 Å². The Morgan fingerprint density at radius 3 is 1.70 bits per heavy atom. The Hall–Kier alpha value is -0.800. The van der Waals surface area contributed by atoms with E-state index in [9.17, 15) is 0 Å². The Bertz CT molecular complexity index is 105. The fourth-order valence-corrected chi connectivity index (χ4v) is 0.423. The number of hydrogen-bond donors (Lipinski definition) is 0. The molecular formula is C6H14N4. The lowest BCUT2D eigenvalue weighted by molar-refractivity contribution is 0.666. The van der Waals surface area contributed by atoms with Gasteiger partial charge in [-0.15, -0.1) is 0 Å². The minimum absolute atomic E-state index is 0.111. The third kappa shape index (κ3) is 5.34. The van der Waals surface area contributed by atoms with Crippen molar-refractivity contribution in [3.05, 3.63) is 0 Å². The van der Waals surface area contributed by atoms with Gasteiger partial charge in [0.1, 0.15) is 0 Å². The van der Waals surface area contributed by atoms with Gasteiger partial charge in [0.2, 0.25) is 0 Å². The third-order valence-corrected chi connectivity index (χ3v) is 0.780. The Kier molecular flexibility index (Phi) is 5.82. The average molecular weight is 142 g/mol. The van der Waals surface area contributed by atoms with E-state index >= 15 is 0 Å². The smallest absolute Gasteiger partial charge is 0.178 e. The van der Waals surface area contributed by atoms with E-state index in [2.05, 4.69) is 20.5 Å². The van der Waals surface area contributed by atoms with Crippen LogP contribution in [0.2, 0.25) is 0 Å². The van der Waals surface area contributed by atoms with Crippen molar-refractivity contribution < 1.29 is 0 Å². The minimum atomic E-state index is -0.111. The molecular weight excluding hydrogens is 128 g/mol. The van der Waals surface area contributed by atoms with Gasteiger partial charge in [0.25, 0.3) is 0 Å². The van der Waals surface area contributed by atoms with Crippen molar-refractivity contribution in [2.75, 3.05) is 13.1 Å². The molecule has 0 aromatic carbocycles. The molecule has 58 valence electrons. The number of rotatable bonds is 4. The van der Waals surface area contributed by atoms with Crippen LogP contribution in [0, 0.1) is 0 Å². The molecule has 0 spiro atoms. The highest BCUT2D eigenvalue weighted by Gasteiger charge is 1.90. The summed E-state index contributed by atoms with van der Waals surface area (Å²) in [5.74, 6) is 0. The van der Waals surface area contributed by atoms with Crippen molar-refractivity contribution in [1.29, 1.82) is 0 Å². The predicted molar refractivity (Wildman–Crippen MR) is 40.3 cm³/mol. The van der Waals surface area contributed by atoms with Gasteiger partial charge >= 0.3 is 0 Å². The molecule has 0 amide bonds. The van der Waals surface area contributed by atoms with Gasteiger partial charge < -0.3 is 0 Å². The van der Waals surface area contributed by atoms with Crippen molar-refractivity contribution in [2.24, 2.45) is 20.5 Å². The minimum Gasteiger partial charge on any atom is -0.192 e. The summed E-state index contributed by atoms with van der Waals surface area (Å²) in [4.78, 5) is 0. The van der Waals surface area contributed by atoms with Crippen molar-refractivity contribution in [3.8, 4) is 0 Å².